The maximum absolute atomic E-state index is 10.9. The van der Waals surface area contributed by atoms with Crippen LogP contribution in [0.3, 0.4) is 0 Å². The molecule has 0 unspecified atom stereocenters. The van der Waals surface area contributed by atoms with E-state index in [-0.39, 0.29) is 5.91 Å². The molecular weight excluding hydrogens is 242 g/mol. The van der Waals surface area contributed by atoms with Gasteiger partial charge in [-0.15, -0.1) is 0 Å². The third-order valence-electron chi connectivity index (χ3n) is 2.23. The Morgan fingerprint density at radius 2 is 1.89 bits per heavy atom. The number of hydrogen-bond acceptors (Lipinski definition) is 4. The van der Waals surface area contributed by atoms with E-state index in [1.165, 1.54) is 13.1 Å². The highest BCUT2D eigenvalue weighted by atomic mass is 16.3. The molecule has 0 saturated heterocycles. The second kappa shape index (κ2) is 6.30. The fourth-order valence-electron chi connectivity index (χ4n) is 1.41. The molecule has 2 rings (SSSR count). The van der Waals surface area contributed by atoms with Gasteiger partial charge in [0.2, 0.25) is 5.91 Å². The number of carbonyl (C=O) groups is 1. The Kier molecular flexibility index (Phi) is 4.23. The molecule has 1 aromatic carbocycles. The van der Waals surface area contributed by atoms with Gasteiger partial charge in [0.1, 0.15) is 5.76 Å². The quantitative estimate of drug-likeness (QED) is 0.674. The van der Waals surface area contributed by atoms with E-state index in [1.54, 1.807) is 36.7 Å². The second-order valence-corrected chi connectivity index (χ2v) is 3.81. The van der Waals surface area contributed by atoms with Crippen LogP contribution in [0.2, 0.25) is 0 Å². The van der Waals surface area contributed by atoms with Crippen molar-refractivity contribution in [1.82, 2.24) is 0 Å². The first kappa shape index (κ1) is 12.8. The molecule has 2 aromatic rings. The van der Waals surface area contributed by atoms with Crippen molar-refractivity contribution in [3.63, 3.8) is 0 Å². The SMILES string of the molecule is CC(=O)Nc1ccc(/C=N\N=C\c2ccco2)cc1. The summed E-state index contributed by atoms with van der Waals surface area (Å²) in [5.74, 6) is 0.558. The average Bonchev–Trinajstić information content (AvgIpc) is 2.89. The lowest BCUT2D eigenvalue weighted by atomic mass is 10.2. The molecule has 0 fully saturated rings. The highest BCUT2D eigenvalue weighted by molar-refractivity contribution is 5.89. The molecule has 0 bridgehead atoms. The third-order valence-corrected chi connectivity index (χ3v) is 2.23. The van der Waals surface area contributed by atoms with Crippen LogP contribution in [0.4, 0.5) is 5.69 Å². The van der Waals surface area contributed by atoms with Gasteiger partial charge >= 0.3 is 0 Å². The van der Waals surface area contributed by atoms with E-state index in [9.17, 15) is 4.79 Å². The summed E-state index contributed by atoms with van der Waals surface area (Å²) in [7, 11) is 0. The lowest BCUT2D eigenvalue weighted by molar-refractivity contribution is -0.114. The normalized spacial score (nSPS) is 11.2. The van der Waals surface area contributed by atoms with Gasteiger partial charge in [0.25, 0.3) is 0 Å². The number of carbonyl (C=O) groups excluding carboxylic acids is 1. The molecule has 0 aliphatic carbocycles. The van der Waals surface area contributed by atoms with Crippen LogP contribution >= 0.6 is 0 Å². The molecule has 0 aliphatic heterocycles. The molecule has 1 N–H and O–H groups in total. The summed E-state index contributed by atoms with van der Waals surface area (Å²) in [5.41, 5.74) is 1.65. The Bertz CT molecular complexity index is 584. The second-order valence-electron chi connectivity index (χ2n) is 3.81. The van der Waals surface area contributed by atoms with E-state index in [0.717, 1.165) is 11.3 Å². The van der Waals surface area contributed by atoms with Crippen LogP contribution in [0.5, 0.6) is 0 Å². The molecule has 0 saturated carbocycles. The minimum absolute atomic E-state index is 0.0931. The number of furan rings is 1. The van der Waals surface area contributed by atoms with Crippen LogP contribution in [-0.4, -0.2) is 18.3 Å². The smallest absolute Gasteiger partial charge is 0.221 e. The van der Waals surface area contributed by atoms with Gasteiger partial charge in [-0.05, 0) is 29.8 Å². The van der Waals surface area contributed by atoms with E-state index in [1.807, 2.05) is 12.1 Å². The molecule has 1 amide bonds. The van der Waals surface area contributed by atoms with Crippen LogP contribution in [0.25, 0.3) is 0 Å². The first-order valence-electron chi connectivity index (χ1n) is 5.71. The number of anilines is 1. The van der Waals surface area contributed by atoms with E-state index in [0.29, 0.717) is 5.76 Å². The van der Waals surface area contributed by atoms with Crippen molar-refractivity contribution in [3.05, 3.63) is 54.0 Å². The minimum Gasteiger partial charge on any atom is -0.463 e. The molecule has 19 heavy (non-hydrogen) atoms. The fourth-order valence-corrected chi connectivity index (χ4v) is 1.41. The summed E-state index contributed by atoms with van der Waals surface area (Å²) in [4.78, 5) is 10.9. The summed E-state index contributed by atoms with van der Waals surface area (Å²) in [6.07, 6.45) is 4.73. The van der Waals surface area contributed by atoms with Crippen LogP contribution < -0.4 is 5.32 Å². The van der Waals surface area contributed by atoms with Gasteiger partial charge in [0.15, 0.2) is 0 Å². The van der Waals surface area contributed by atoms with Gasteiger partial charge in [0.05, 0.1) is 18.7 Å². The number of amides is 1. The van der Waals surface area contributed by atoms with Crippen molar-refractivity contribution in [2.45, 2.75) is 6.92 Å². The molecule has 1 heterocycles. The summed E-state index contributed by atoms with van der Waals surface area (Å²) in [5, 5.41) is 10.5. The van der Waals surface area contributed by atoms with E-state index >= 15 is 0 Å². The number of nitrogens with one attached hydrogen (secondary N) is 1. The molecular formula is C14H13N3O2. The summed E-state index contributed by atoms with van der Waals surface area (Å²) in [6.45, 7) is 1.47. The molecule has 0 radical (unpaired) electrons. The standard InChI is InChI=1S/C14H13N3O2/c1-11(18)17-13-6-4-12(5-7-13)9-15-16-10-14-3-2-8-19-14/h2-10H,1H3,(H,17,18)/b15-9-,16-10+. The maximum Gasteiger partial charge on any atom is 0.221 e. The first-order valence-corrected chi connectivity index (χ1v) is 5.71. The average molecular weight is 255 g/mol. The van der Waals surface area contributed by atoms with E-state index < -0.39 is 0 Å². The lowest BCUT2D eigenvalue weighted by Gasteiger charge is -2.00. The topological polar surface area (TPSA) is 67.0 Å². The molecule has 5 nitrogen and oxygen atoms in total. The summed E-state index contributed by atoms with van der Waals surface area (Å²) < 4.78 is 5.08. The van der Waals surface area contributed by atoms with Gasteiger partial charge in [-0.25, -0.2) is 0 Å². The van der Waals surface area contributed by atoms with Crippen LogP contribution in [0.15, 0.2) is 57.3 Å². The highest BCUT2D eigenvalue weighted by Gasteiger charge is 1.94. The van der Waals surface area contributed by atoms with Crippen LogP contribution in [0, 0.1) is 0 Å². The Labute approximate surface area is 110 Å². The molecule has 96 valence electrons. The Morgan fingerprint density at radius 1 is 1.16 bits per heavy atom. The molecule has 1 aromatic heterocycles. The zero-order chi connectivity index (χ0) is 13.5. The van der Waals surface area contributed by atoms with Gasteiger partial charge in [0, 0.05) is 12.6 Å². The Balaban J connectivity index is 1.94. The zero-order valence-corrected chi connectivity index (χ0v) is 10.4. The van der Waals surface area contributed by atoms with Crippen molar-refractivity contribution in [2.75, 3.05) is 5.32 Å². The highest BCUT2D eigenvalue weighted by Crippen LogP contribution is 2.07. The Hall–Kier alpha value is -2.69. The zero-order valence-electron chi connectivity index (χ0n) is 10.4. The number of hydrogen-bond donors (Lipinski definition) is 1. The van der Waals surface area contributed by atoms with Gasteiger partial charge in [-0.3, -0.25) is 4.79 Å². The largest absolute Gasteiger partial charge is 0.463 e. The van der Waals surface area contributed by atoms with E-state index in [4.69, 9.17) is 4.42 Å². The minimum atomic E-state index is -0.0931. The van der Waals surface area contributed by atoms with Crippen molar-refractivity contribution in [2.24, 2.45) is 10.2 Å². The monoisotopic (exact) mass is 255 g/mol. The van der Waals surface area contributed by atoms with Gasteiger partial charge < -0.3 is 9.73 Å². The molecule has 0 aliphatic rings. The predicted molar refractivity (Wildman–Crippen MR) is 74.6 cm³/mol. The molecule has 5 heteroatoms. The van der Waals surface area contributed by atoms with Crippen molar-refractivity contribution in [3.8, 4) is 0 Å². The summed E-state index contributed by atoms with van der Waals surface area (Å²) in [6, 6.07) is 10.9. The van der Waals surface area contributed by atoms with Crippen molar-refractivity contribution in [1.29, 1.82) is 0 Å². The van der Waals surface area contributed by atoms with E-state index in [2.05, 4.69) is 15.5 Å². The lowest BCUT2D eigenvalue weighted by Crippen LogP contribution is -2.05. The Morgan fingerprint density at radius 3 is 2.53 bits per heavy atom. The number of nitrogens with zero attached hydrogens (tertiary/aromatic N) is 2. The van der Waals surface area contributed by atoms with Crippen LogP contribution in [0.1, 0.15) is 18.2 Å². The molecule has 0 spiro atoms. The van der Waals surface area contributed by atoms with Crippen molar-refractivity contribution >= 4 is 24.0 Å². The van der Waals surface area contributed by atoms with Crippen LogP contribution in [-0.2, 0) is 4.79 Å². The fraction of sp³-hybridized carbons (Fsp3) is 0.0714. The molecule has 0 atom stereocenters. The van der Waals surface area contributed by atoms with Gasteiger partial charge in [-0.1, -0.05) is 12.1 Å². The van der Waals surface area contributed by atoms with Gasteiger partial charge in [-0.2, -0.15) is 10.2 Å². The summed E-state index contributed by atoms with van der Waals surface area (Å²) >= 11 is 0. The number of rotatable bonds is 4. The maximum atomic E-state index is 10.9. The third kappa shape index (κ3) is 4.23. The predicted octanol–water partition coefficient (Wildman–Crippen LogP) is 2.69. The van der Waals surface area contributed by atoms with Crippen molar-refractivity contribution < 1.29 is 9.21 Å². The first-order chi connectivity index (χ1) is 9.24. The number of benzene rings is 1.